The Balaban J connectivity index is 1.89. The van der Waals surface area contributed by atoms with Crippen LogP contribution in [0.4, 0.5) is 0 Å². The fraction of sp³-hybridized carbons (Fsp3) is 0.765. The average molecular weight is 277 g/mol. The van der Waals surface area contributed by atoms with Crippen LogP contribution >= 0.6 is 0 Å². The lowest BCUT2D eigenvalue weighted by atomic mass is 10.0. The molecule has 0 unspecified atom stereocenters. The van der Waals surface area contributed by atoms with Crippen LogP contribution in [0.25, 0.3) is 0 Å². The second-order valence-electron chi connectivity index (χ2n) is 6.41. The quantitative estimate of drug-likeness (QED) is 0.661. The Hall–Kier alpha value is -0.800. The number of hydrogen-bond acceptors (Lipinski definition) is 3. The zero-order valence-electron chi connectivity index (χ0n) is 13.7. The highest BCUT2D eigenvalue weighted by atomic mass is 15.7. The van der Waals surface area contributed by atoms with E-state index in [1.54, 1.807) is 5.70 Å². The maximum Gasteiger partial charge on any atom is 0.0527 e. The van der Waals surface area contributed by atoms with Crippen molar-refractivity contribution in [1.82, 2.24) is 14.9 Å². The van der Waals surface area contributed by atoms with Gasteiger partial charge in [-0.1, -0.05) is 38.3 Å². The minimum atomic E-state index is 0.725. The van der Waals surface area contributed by atoms with Gasteiger partial charge in [0.05, 0.1) is 6.54 Å². The van der Waals surface area contributed by atoms with Gasteiger partial charge >= 0.3 is 0 Å². The molecule has 0 aromatic rings. The molecular formula is C17H31N3. The van der Waals surface area contributed by atoms with E-state index in [1.165, 1.54) is 50.8 Å². The van der Waals surface area contributed by atoms with E-state index in [4.69, 9.17) is 0 Å². The van der Waals surface area contributed by atoms with E-state index in [-0.39, 0.29) is 0 Å². The SMILES string of the molecule is CCCCCCC1=C(C)C=CCN1N1CC(N(C)C)C1. The number of allylic oxidation sites excluding steroid dienone is 3. The molecule has 2 heterocycles. The van der Waals surface area contributed by atoms with Gasteiger partial charge in [-0.25, -0.2) is 5.01 Å². The van der Waals surface area contributed by atoms with Crippen molar-refractivity contribution < 1.29 is 0 Å². The van der Waals surface area contributed by atoms with Crippen LogP contribution < -0.4 is 0 Å². The minimum absolute atomic E-state index is 0.725. The largest absolute Gasteiger partial charge is 0.306 e. The first-order valence-corrected chi connectivity index (χ1v) is 8.18. The van der Waals surface area contributed by atoms with Crippen molar-refractivity contribution in [3.05, 3.63) is 23.4 Å². The first-order chi connectivity index (χ1) is 9.63. The van der Waals surface area contributed by atoms with Crippen molar-refractivity contribution in [3.63, 3.8) is 0 Å². The van der Waals surface area contributed by atoms with Crippen molar-refractivity contribution in [2.24, 2.45) is 0 Å². The second-order valence-corrected chi connectivity index (χ2v) is 6.41. The molecule has 3 heteroatoms. The molecule has 0 amide bonds. The van der Waals surface area contributed by atoms with Gasteiger partial charge in [-0.2, -0.15) is 0 Å². The van der Waals surface area contributed by atoms with Crippen LogP contribution in [0.15, 0.2) is 23.4 Å². The molecule has 0 radical (unpaired) electrons. The zero-order valence-corrected chi connectivity index (χ0v) is 13.7. The Morgan fingerprint density at radius 1 is 1.20 bits per heavy atom. The number of likely N-dealkylation sites (N-methyl/N-ethyl adjacent to an activating group) is 1. The minimum Gasteiger partial charge on any atom is -0.306 e. The van der Waals surface area contributed by atoms with Gasteiger partial charge in [0.25, 0.3) is 0 Å². The third kappa shape index (κ3) is 3.64. The molecule has 0 bridgehead atoms. The highest BCUT2D eigenvalue weighted by molar-refractivity contribution is 5.27. The normalized spacial score (nSPS) is 20.9. The first-order valence-electron chi connectivity index (χ1n) is 8.18. The van der Waals surface area contributed by atoms with Gasteiger partial charge in [-0.3, -0.25) is 0 Å². The molecule has 1 fully saturated rings. The summed E-state index contributed by atoms with van der Waals surface area (Å²) in [5, 5.41) is 5.05. The van der Waals surface area contributed by atoms with Crippen molar-refractivity contribution >= 4 is 0 Å². The summed E-state index contributed by atoms with van der Waals surface area (Å²) < 4.78 is 0. The van der Waals surface area contributed by atoms with Gasteiger partial charge in [0, 0.05) is 24.8 Å². The molecule has 0 aromatic carbocycles. The van der Waals surface area contributed by atoms with Crippen LogP contribution in [0.2, 0.25) is 0 Å². The summed E-state index contributed by atoms with van der Waals surface area (Å²) in [5.74, 6) is 0. The van der Waals surface area contributed by atoms with E-state index in [9.17, 15) is 0 Å². The highest BCUT2D eigenvalue weighted by Gasteiger charge is 2.33. The zero-order chi connectivity index (χ0) is 14.5. The van der Waals surface area contributed by atoms with Crippen LogP contribution in [0, 0.1) is 0 Å². The Morgan fingerprint density at radius 3 is 2.60 bits per heavy atom. The molecule has 0 atom stereocenters. The van der Waals surface area contributed by atoms with Crippen LogP contribution in [0.3, 0.4) is 0 Å². The van der Waals surface area contributed by atoms with Crippen molar-refractivity contribution in [2.75, 3.05) is 33.7 Å². The fourth-order valence-electron chi connectivity index (χ4n) is 3.03. The summed E-state index contributed by atoms with van der Waals surface area (Å²) in [6, 6.07) is 0.725. The Bertz CT molecular complexity index is 364. The van der Waals surface area contributed by atoms with Crippen LogP contribution in [0.5, 0.6) is 0 Å². The van der Waals surface area contributed by atoms with Gasteiger partial charge in [0.2, 0.25) is 0 Å². The molecule has 3 nitrogen and oxygen atoms in total. The van der Waals surface area contributed by atoms with Gasteiger partial charge in [-0.05, 0) is 39.4 Å². The van der Waals surface area contributed by atoms with Gasteiger partial charge < -0.3 is 9.91 Å². The van der Waals surface area contributed by atoms with Crippen LogP contribution in [-0.4, -0.2) is 54.7 Å². The van der Waals surface area contributed by atoms with E-state index >= 15 is 0 Å². The fourth-order valence-corrected chi connectivity index (χ4v) is 3.03. The monoisotopic (exact) mass is 277 g/mol. The summed E-state index contributed by atoms with van der Waals surface area (Å²) in [6.07, 6.45) is 11.2. The highest BCUT2D eigenvalue weighted by Crippen LogP contribution is 2.27. The van der Waals surface area contributed by atoms with Crippen molar-refractivity contribution in [3.8, 4) is 0 Å². The van der Waals surface area contributed by atoms with E-state index < -0.39 is 0 Å². The lowest BCUT2D eigenvalue weighted by molar-refractivity contribution is -0.0857. The second kappa shape index (κ2) is 7.28. The van der Waals surface area contributed by atoms with Crippen LogP contribution in [-0.2, 0) is 0 Å². The molecule has 1 saturated heterocycles. The van der Waals surface area contributed by atoms with Gasteiger partial charge in [0.15, 0.2) is 0 Å². The van der Waals surface area contributed by atoms with E-state index in [2.05, 4.69) is 55.0 Å². The number of nitrogens with zero attached hydrogens (tertiary/aromatic N) is 3. The summed E-state index contributed by atoms with van der Waals surface area (Å²) in [5.41, 5.74) is 3.02. The summed E-state index contributed by atoms with van der Waals surface area (Å²) in [4.78, 5) is 2.34. The smallest absolute Gasteiger partial charge is 0.0527 e. The topological polar surface area (TPSA) is 9.72 Å². The Kier molecular flexibility index (Phi) is 5.67. The molecule has 114 valence electrons. The molecule has 0 saturated carbocycles. The predicted octanol–water partition coefficient (Wildman–Crippen LogP) is 3.26. The molecule has 2 aliphatic heterocycles. The molecule has 2 aliphatic rings. The van der Waals surface area contributed by atoms with Crippen molar-refractivity contribution in [1.29, 1.82) is 0 Å². The summed E-state index contributed by atoms with van der Waals surface area (Å²) in [7, 11) is 4.37. The first kappa shape index (κ1) is 15.6. The van der Waals surface area contributed by atoms with Gasteiger partial charge in [0.1, 0.15) is 0 Å². The summed E-state index contributed by atoms with van der Waals surface area (Å²) >= 11 is 0. The molecule has 0 aromatic heterocycles. The number of unbranched alkanes of at least 4 members (excludes halogenated alkanes) is 3. The van der Waals surface area contributed by atoms with Crippen molar-refractivity contribution in [2.45, 2.75) is 52.0 Å². The molecule has 0 spiro atoms. The predicted molar refractivity (Wildman–Crippen MR) is 86.4 cm³/mol. The van der Waals surface area contributed by atoms with Gasteiger partial charge in [-0.15, -0.1) is 0 Å². The lowest BCUT2D eigenvalue weighted by Gasteiger charge is -2.50. The Morgan fingerprint density at radius 2 is 1.95 bits per heavy atom. The maximum atomic E-state index is 2.53. The van der Waals surface area contributed by atoms with E-state index in [0.717, 1.165) is 12.6 Å². The van der Waals surface area contributed by atoms with E-state index in [1.807, 2.05) is 0 Å². The number of hydrogen-bond donors (Lipinski definition) is 0. The Labute approximate surface area is 124 Å². The average Bonchev–Trinajstić information content (AvgIpc) is 2.34. The maximum absolute atomic E-state index is 2.53. The molecule has 0 aliphatic carbocycles. The third-order valence-corrected chi connectivity index (χ3v) is 4.59. The molecular weight excluding hydrogens is 246 g/mol. The third-order valence-electron chi connectivity index (χ3n) is 4.59. The van der Waals surface area contributed by atoms with E-state index in [0.29, 0.717) is 0 Å². The number of rotatable bonds is 7. The lowest BCUT2D eigenvalue weighted by Crippen LogP contribution is -2.63. The number of hydrazine groups is 1. The molecule has 0 N–H and O–H groups in total. The molecule has 2 rings (SSSR count). The molecule has 20 heavy (non-hydrogen) atoms. The van der Waals surface area contributed by atoms with Crippen LogP contribution in [0.1, 0.15) is 46.0 Å². The standard InChI is InChI=1S/C17H31N3/c1-5-6-7-8-11-17-15(2)10-9-12-20(17)19-13-16(14-19)18(3)4/h9-10,16H,5-8,11-14H2,1-4H3. The summed E-state index contributed by atoms with van der Waals surface area (Å²) in [6.45, 7) is 7.95.